The highest BCUT2D eigenvalue weighted by molar-refractivity contribution is 7.16. The van der Waals surface area contributed by atoms with Crippen LogP contribution in [0, 0.1) is 5.82 Å². The first-order chi connectivity index (χ1) is 21.5. The molecule has 1 aliphatic heterocycles. The zero-order chi connectivity index (χ0) is 32.2. The van der Waals surface area contributed by atoms with E-state index in [1.165, 1.54) is 12.1 Å². The van der Waals surface area contributed by atoms with E-state index in [-0.39, 0.29) is 40.1 Å². The van der Waals surface area contributed by atoms with Gasteiger partial charge in [0.15, 0.2) is 5.65 Å². The van der Waals surface area contributed by atoms with Crippen LogP contribution in [-0.4, -0.2) is 56.0 Å². The fourth-order valence-corrected chi connectivity index (χ4v) is 7.24. The minimum Gasteiger partial charge on any atom is -0.350 e. The number of rotatable bonds is 6. The van der Waals surface area contributed by atoms with Crippen LogP contribution < -0.4 is 10.6 Å². The molecular formula is C34H34ClFN6O2S. The number of benzene rings is 2. The third-order valence-corrected chi connectivity index (χ3v) is 9.47. The van der Waals surface area contributed by atoms with E-state index in [9.17, 15) is 9.59 Å². The lowest BCUT2D eigenvalue weighted by Crippen LogP contribution is -2.54. The summed E-state index contributed by atoms with van der Waals surface area (Å²) in [7, 11) is 0. The van der Waals surface area contributed by atoms with Crippen molar-refractivity contribution < 1.29 is 9.18 Å². The monoisotopic (exact) mass is 644 g/mol. The fourth-order valence-electron chi connectivity index (χ4n) is 6.24. The summed E-state index contributed by atoms with van der Waals surface area (Å²) in [6, 6.07) is 9.97. The molecule has 0 aliphatic carbocycles. The molecular weight excluding hydrogens is 611 g/mol. The number of thiazole rings is 1. The topological polar surface area (TPSA) is 84.2 Å². The molecule has 45 heavy (non-hydrogen) atoms. The second-order valence-electron chi connectivity index (χ2n) is 12.0. The summed E-state index contributed by atoms with van der Waals surface area (Å²) < 4.78 is 17.8. The van der Waals surface area contributed by atoms with E-state index < -0.39 is 11.5 Å². The van der Waals surface area contributed by atoms with Crippen molar-refractivity contribution in [3.05, 3.63) is 87.0 Å². The molecule has 11 heteroatoms. The van der Waals surface area contributed by atoms with Crippen molar-refractivity contribution in [2.75, 3.05) is 24.5 Å². The van der Waals surface area contributed by atoms with Gasteiger partial charge in [-0.2, -0.15) is 4.98 Å². The smallest absolute Gasteiger partial charge is 0.350 e. The molecule has 5 aromatic rings. The van der Waals surface area contributed by atoms with Gasteiger partial charge in [-0.1, -0.05) is 58.0 Å². The number of carbonyl (C=O) groups excluding carboxylic acids is 1. The van der Waals surface area contributed by atoms with Crippen molar-refractivity contribution in [3.63, 3.8) is 0 Å². The maximum Gasteiger partial charge on any atom is 0.355 e. The Morgan fingerprint density at radius 1 is 1.13 bits per heavy atom. The van der Waals surface area contributed by atoms with Gasteiger partial charge in [0, 0.05) is 36.8 Å². The highest BCUT2D eigenvalue weighted by Gasteiger charge is 2.31. The molecule has 1 atom stereocenters. The van der Waals surface area contributed by atoms with Gasteiger partial charge in [0.25, 0.3) is 0 Å². The van der Waals surface area contributed by atoms with Crippen molar-refractivity contribution in [3.8, 4) is 16.9 Å². The molecule has 6 rings (SSSR count). The van der Waals surface area contributed by atoms with Crippen molar-refractivity contribution in [2.45, 2.75) is 52.5 Å². The number of piperazine rings is 1. The molecule has 0 saturated carbocycles. The number of pyridine rings is 1. The van der Waals surface area contributed by atoms with E-state index in [1.54, 1.807) is 45.1 Å². The summed E-state index contributed by atoms with van der Waals surface area (Å²) in [6.07, 6.45) is 1.31. The van der Waals surface area contributed by atoms with E-state index in [0.717, 1.165) is 21.3 Å². The van der Waals surface area contributed by atoms with E-state index in [4.69, 9.17) is 26.6 Å². The third kappa shape index (κ3) is 5.29. The van der Waals surface area contributed by atoms with E-state index in [2.05, 4.69) is 40.3 Å². The van der Waals surface area contributed by atoms with Crippen molar-refractivity contribution in [1.82, 2.24) is 24.4 Å². The van der Waals surface area contributed by atoms with Crippen molar-refractivity contribution in [2.24, 2.45) is 0 Å². The van der Waals surface area contributed by atoms with E-state index >= 15 is 4.39 Å². The molecule has 0 bridgehead atoms. The number of hydrogen-bond donors (Lipinski definition) is 0. The van der Waals surface area contributed by atoms with Crippen LogP contribution in [0.1, 0.15) is 57.6 Å². The average Bonchev–Trinajstić information content (AvgIpc) is 3.48. The van der Waals surface area contributed by atoms with Crippen LogP contribution in [0.2, 0.25) is 5.02 Å². The number of hydrogen-bond acceptors (Lipinski definition) is 7. The maximum atomic E-state index is 15.2. The first kappa shape index (κ1) is 30.9. The van der Waals surface area contributed by atoms with Gasteiger partial charge >= 0.3 is 5.69 Å². The quantitative estimate of drug-likeness (QED) is 0.180. The fraction of sp³-hybridized carbons (Fsp3) is 0.324. The number of aromatic nitrogens is 4. The van der Waals surface area contributed by atoms with Gasteiger partial charge in [-0.25, -0.2) is 23.7 Å². The van der Waals surface area contributed by atoms with Crippen LogP contribution in [0.4, 0.5) is 10.2 Å². The van der Waals surface area contributed by atoms with Gasteiger partial charge in [-0.05, 0) is 54.7 Å². The number of fused-ring (bicyclic) bond motifs is 2. The minimum atomic E-state index is -0.512. The lowest BCUT2D eigenvalue weighted by Gasteiger charge is -2.40. The summed E-state index contributed by atoms with van der Waals surface area (Å²) in [6.45, 7) is 15.2. The van der Waals surface area contributed by atoms with E-state index in [1.807, 2.05) is 17.3 Å². The molecule has 4 heterocycles. The summed E-state index contributed by atoms with van der Waals surface area (Å²) in [4.78, 5) is 44.9. The van der Waals surface area contributed by atoms with Gasteiger partial charge in [-0.15, -0.1) is 11.3 Å². The Bertz CT molecular complexity index is 2040. The molecule has 0 N–H and O–H groups in total. The van der Waals surface area contributed by atoms with Crippen LogP contribution in [0.25, 0.3) is 38.2 Å². The Morgan fingerprint density at radius 2 is 1.89 bits per heavy atom. The molecule has 0 spiro atoms. The Kier molecular flexibility index (Phi) is 8.22. The van der Waals surface area contributed by atoms with Crippen LogP contribution in [-0.2, 0) is 4.79 Å². The number of carbonyl (C=O) groups is 1. The Hall–Kier alpha value is -4.15. The summed E-state index contributed by atoms with van der Waals surface area (Å²) >= 11 is 8.43. The molecule has 1 fully saturated rings. The summed E-state index contributed by atoms with van der Waals surface area (Å²) in [5.41, 5.74) is 5.49. The molecule has 232 valence electrons. The predicted octanol–water partition coefficient (Wildman–Crippen LogP) is 7.32. The zero-order valence-electron chi connectivity index (χ0n) is 25.8. The standard InChI is InChI=1S/C34H34ClFN6O2S/c1-7-27(43)40-12-13-41(20(6)16-40)32-23-14-24(35)29(21-10-8-9-11-25(21)36)38-33(23)42(34(44)39-32)31-22(18(2)3)15-26-30(37-17-45-26)28(31)19(4)5/h7-11,14-15,17-20H,1,12-13,16H2,2-6H3/t20-/m0/s1. The van der Waals surface area contributed by atoms with E-state index in [0.29, 0.717) is 42.2 Å². The SMILES string of the molecule is C=CC(=O)N1CCN(c2nc(=O)n(-c3c(C(C)C)cc4scnc4c3C(C)C)c3nc(-c4ccccc4F)c(Cl)cc23)[C@@H](C)C1. The summed E-state index contributed by atoms with van der Waals surface area (Å²) in [5.74, 6) is -0.126. The van der Waals surface area contributed by atoms with Crippen LogP contribution in [0.15, 0.2) is 59.4 Å². The van der Waals surface area contributed by atoms with Gasteiger partial charge in [0.1, 0.15) is 11.6 Å². The predicted molar refractivity (Wildman–Crippen MR) is 180 cm³/mol. The molecule has 0 radical (unpaired) electrons. The molecule has 1 saturated heterocycles. The molecule has 0 unspecified atom stereocenters. The first-order valence-electron chi connectivity index (χ1n) is 15.0. The van der Waals surface area contributed by atoms with Gasteiger partial charge in [-0.3, -0.25) is 4.79 Å². The zero-order valence-corrected chi connectivity index (χ0v) is 27.4. The first-order valence-corrected chi connectivity index (χ1v) is 16.2. The Morgan fingerprint density at radius 3 is 2.56 bits per heavy atom. The van der Waals surface area contributed by atoms with Gasteiger partial charge in [0.2, 0.25) is 5.91 Å². The van der Waals surface area contributed by atoms with Crippen LogP contribution >= 0.6 is 22.9 Å². The lowest BCUT2D eigenvalue weighted by molar-refractivity contribution is -0.126. The normalized spacial score (nSPS) is 15.5. The molecule has 3 aromatic heterocycles. The van der Waals surface area contributed by atoms with Crippen LogP contribution in [0.3, 0.4) is 0 Å². The number of nitrogens with zero attached hydrogens (tertiary/aromatic N) is 6. The van der Waals surface area contributed by atoms with Gasteiger partial charge in [0.05, 0.1) is 37.5 Å². The molecule has 1 aliphatic rings. The largest absolute Gasteiger partial charge is 0.355 e. The maximum absolute atomic E-state index is 15.2. The molecule has 2 aromatic carbocycles. The second-order valence-corrected chi connectivity index (χ2v) is 13.3. The number of amides is 1. The van der Waals surface area contributed by atoms with Crippen LogP contribution in [0.5, 0.6) is 0 Å². The highest BCUT2D eigenvalue weighted by Crippen LogP contribution is 2.41. The van der Waals surface area contributed by atoms with Crippen molar-refractivity contribution in [1.29, 1.82) is 0 Å². The third-order valence-electron chi connectivity index (χ3n) is 8.40. The highest BCUT2D eigenvalue weighted by atomic mass is 35.5. The number of anilines is 1. The minimum absolute atomic E-state index is 0.0127. The van der Waals surface area contributed by atoms with Crippen molar-refractivity contribution >= 4 is 55.9 Å². The van der Waals surface area contributed by atoms with Gasteiger partial charge < -0.3 is 9.80 Å². The molecule has 1 amide bonds. The molecule has 8 nitrogen and oxygen atoms in total. The lowest BCUT2D eigenvalue weighted by atomic mass is 9.91. The average molecular weight is 645 g/mol. The second kappa shape index (κ2) is 12.0. The number of halogens is 2. The Labute approximate surface area is 269 Å². The Balaban J connectivity index is 1.71. The summed E-state index contributed by atoms with van der Waals surface area (Å²) in [5, 5.41) is 0.787.